The molecule has 1 N–H and O–H groups in total. The van der Waals surface area contributed by atoms with Crippen molar-refractivity contribution in [2.75, 3.05) is 5.32 Å². The maximum Gasteiger partial charge on any atom is 0.339 e. The van der Waals surface area contributed by atoms with Crippen molar-refractivity contribution < 1.29 is 19.2 Å². The number of nitro benzene ring substituents is 1. The van der Waals surface area contributed by atoms with E-state index in [0.717, 1.165) is 6.07 Å². The summed E-state index contributed by atoms with van der Waals surface area (Å²) >= 11 is 5.88. The van der Waals surface area contributed by atoms with Gasteiger partial charge in [0.2, 0.25) is 0 Å². The molecule has 0 heterocycles. The molecular weight excluding hydrogens is 362 g/mol. The van der Waals surface area contributed by atoms with Gasteiger partial charge in [0.1, 0.15) is 6.07 Å². The number of esters is 1. The summed E-state index contributed by atoms with van der Waals surface area (Å²) < 4.78 is 5.02. The largest absolute Gasteiger partial charge is 0.449 e. The Kier molecular flexibility index (Phi) is 5.88. The van der Waals surface area contributed by atoms with E-state index in [2.05, 4.69) is 5.32 Å². The van der Waals surface area contributed by atoms with Gasteiger partial charge in [-0.2, -0.15) is 5.26 Å². The number of anilines is 1. The van der Waals surface area contributed by atoms with Crippen molar-refractivity contribution in [3.8, 4) is 6.07 Å². The first-order valence-electron chi connectivity index (χ1n) is 7.27. The van der Waals surface area contributed by atoms with Gasteiger partial charge >= 0.3 is 5.97 Å². The Balaban J connectivity index is 2.03. The number of rotatable bonds is 5. The highest BCUT2D eigenvalue weighted by molar-refractivity contribution is 6.32. The Morgan fingerprint density at radius 2 is 2.04 bits per heavy atom. The number of nitrogens with one attached hydrogen (secondary N) is 1. The summed E-state index contributed by atoms with van der Waals surface area (Å²) in [4.78, 5) is 34.3. The number of benzene rings is 2. The number of amides is 1. The van der Waals surface area contributed by atoms with Crippen molar-refractivity contribution >= 4 is 34.9 Å². The molecule has 0 radical (unpaired) electrons. The lowest BCUT2D eigenvalue weighted by atomic mass is 10.2. The number of non-ortho nitro benzene ring substituents is 1. The first kappa shape index (κ1) is 18.9. The smallest absolute Gasteiger partial charge is 0.339 e. The molecule has 0 aliphatic carbocycles. The Labute approximate surface area is 153 Å². The van der Waals surface area contributed by atoms with Gasteiger partial charge in [-0.25, -0.2) is 4.79 Å². The van der Waals surface area contributed by atoms with Gasteiger partial charge in [-0.05, 0) is 31.2 Å². The van der Waals surface area contributed by atoms with Crippen molar-refractivity contribution in [1.82, 2.24) is 0 Å². The van der Waals surface area contributed by atoms with Crippen LogP contribution in [0.25, 0.3) is 0 Å². The average molecular weight is 374 g/mol. The number of nitrogens with zero attached hydrogens (tertiary/aromatic N) is 2. The van der Waals surface area contributed by atoms with Gasteiger partial charge in [0.25, 0.3) is 11.6 Å². The zero-order valence-electron chi connectivity index (χ0n) is 13.4. The maximum atomic E-state index is 12.1. The van der Waals surface area contributed by atoms with Crippen LogP contribution in [0.3, 0.4) is 0 Å². The highest BCUT2D eigenvalue weighted by atomic mass is 35.5. The number of nitriles is 1. The van der Waals surface area contributed by atoms with Crippen LogP contribution in [0.2, 0.25) is 5.02 Å². The molecule has 132 valence electrons. The second-order valence-electron chi connectivity index (χ2n) is 5.15. The predicted molar refractivity (Wildman–Crippen MR) is 92.8 cm³/mol. The highest BCUT2D eigenvalue weighted by Crippen LogP contribution is 2.20. The molecule has 1 amide bonds. The Morgan fingerprint density at radius 1 is 1.31 bits per heavy atom. The molecule has 9 heteroatoms. The van der Waals surface area contributed by atoms with E-state index in [1.54, 1.807) is 0 Å². The summed E-state index contributed by atoms with van der Waals surface area (Å²) in [5.74, 6) is -1.49. The van der Waals surface area contributed by atoms with Gasteiger partial charge in [0, 0.05) is 17.8 Å². The van der Waals surface area contributed by atoms with Crippen molar-refractivity contribution in [2.45, 2.75) is 13.0 Å². The van der Waals surface area contributed by atoms with E-state index >= 15 is 0 Å². The predicted octanol–water partition coefficient (Wildman–Crippen LogP) is 3.30. The Bertz CT molecular complexity index is 923. The van der Waals surface area contributed by atoms with Crippen LogP contribution in [0.5, 0.6) is 0 Å². The quantitative estimate of drug-likeness (QED) is 0.487. The van der Waals surface area contributed by atoms with Crippen LogP contribution >= 0.6 is 11.6 Å². The molecule has 1 atom stereocenters. The summed E-state index contributed by atoms with van der Waals surface area (Å²) in [6.45, 7) is 1.36. The molecular formula is C17H12ClN3O5. The number of halogens is 1. The van der Waals surface area contributed by atoms with Crippen LogP contribution in [0.15, 0.2) is 42.5 Å². The van der Waals surface area contributed by atoms with Crippen LogP contribution in [0, 0.1) is 21.4 Å². The lowest BCUT2D eigenvalue weighted by Crippen LogP contribution is -2.30. The fourth-order valence-electron chi connectivity index (χ4n) is 1.96. The van der Waals surface area contributed by atoms with Gasteiger partial charge in [0.15, 0.2) is 6.10 Å². The molecule has 8 nitrogen and oxygen atoms in total. The van der Waals surface area contributed by atoms with Gasteiger partial charge in [0.05, 0.1) is 21.1 Å². The zero-order valence-corrected chi connectivity index (χ0v) is 14.2. The minimum atomic E-state index is -1.16. The molecule has 0 bridgehead atoms. The van der Waals surface area contributed by atoms with Crippen LogP contribution < -0.4 is 5.32 Å². The van der Waals surface area contributed by atoms with Crippen molar-refractivity contribution in [2.24, 2.45) is 0 Å². The summed E-state index contributed by atoms with van der Waals surface area (Å²) in [6, 6.07) is 11.2. The first-order valence-corrected chi connectivity index (χ1v) is 7.65. The van der Waals surface area contributed by atoms with E-state index in [-0.39, 0.29) is 21.8 Å². The Hall–Kier alpha value is -3.44. The van der Waals surface area contributed by atoms with Crippen LogP contribution in [0.4, 0.5) is 11.4 Å². The molecule has 0 saturated heterocycles. The van der Waals surface area contributed by atoms with E-state index in [9.17, 15) is 19.7 Å². The van der Waals surface area contributed by atoms with E-state index in [0.29, 0.717) is 5.69 Å². The van der Waals surface area contributed by atoms with Crippen molar-refractivity contribution in [3.63, 3.8) is 0 Å². The summed E-state index contributed by atoms with van der Waals surface area (Å²) in [7, 11) is 0. The minimum Gasteiger partial charge on any atom is -0.449 e. The maximum absolute atomic E-state index is 12.1. The standard InChI is InChI=1S/C17H12ClN3O5/c1-10(16(22)20-13-6-5-12(9-19)15(18)8-13)26-17(23)11-3-2-4-14(7-11)21(24)25/h2-8,10H,1H3,(H,20,22). The molecule has 1 unspecified atom stereocenters. The monoisotopic (exact) mass is 373 g/mol. The molecule has 0 fully saturated rings. The molecule has 0 spiro atoms. The van der Waals surface area contributed by atoms with E-state index < -0.39 is 22.9 Å². The van der Waals surface area contributed by atoms with Gasteiger partial charge in [-0.15, -0.1) is 0 Å². The lowest BCUT2D eigenvalue weighted by molar-refractivity contribution is -0.384. The van der Waals surface area contributed by atoms with Gasteiger partial charge in [-0.1, -0.05) is 17.7 Å². The molecule has 0 saturated carbocycles. The third-order valence-electron chi connectivity index (χ3n) is 3.30. The molecule has 0 aliphatic rings. The number of hydrogen-bond donors (Lipinski definition) is 1. The van der Waals surface area contributed by atoms with E-state index in [1.165, 1.54) is 43.3 Å². The SMILES string of the molecule is CC(OC(=O)c1cccc([N+](=O)[O-])c1)C(=O)Nc1ccc(C#N)c(Cl)c1. The van der Waals surface area contributed by atoms with Crippen molar-refractivity contribution in [3.05, 3.63) is 68.7 Å². The fraction of sp³-hybridized carbons (Fsp3) is 0.118. The number of carbonyl (C=O) groups is 2. The molecule has 2 aromatic carbocycles. The van der Waals surface area contributed by atoms with Crippen LogP contribution in [0.1, 0.15) is 22.8 Å². The molecule has 2 rings (SSSR count). The molecule has 0 aliphatic heterocycles. The molecule has 0 aromatic heterocycles. The summed E-state index contributed by atoms with van der Waals surface area (Å²) in [5, 5.41) is 22.2. The van der Waals surface area contributed by atoms with Crippen LogP contribution in [-0.4, -0.2) is 22.9 Å². The fourth-order valence-corrected chi connectivity index (χ4v) is 2.18. The normalized spacial score (nSPS) is 11.1. The van der Waals surface area contributed by atoms with E-state index in [4.69, 9.17) is 21.6 Å². The number of nitro groups is 1. The van der Waals surface area contributed by atoms with Crippen molar-refractivity contribution in [1.29, 1.82) is 5.26 Å². The van der Waals surface area contributed by atoms with Gasteiger partial charge in [-0.3, -0.25) is 14.9 Å². The average Bonchev–Trinajstić information content (AvgIpc) is 2.61. The highest BCUT2D eigenvalue weighted by Gasteiger charge is 2.20. The lowest BCUT2D eigenvalue weighted by Gasteiger charge is -2.14. The third-order valence-corrected chi connectivity index (χ3v) is 3.62. The van der Waals surface area contributed by atoms with Gasteiger partial charge < -0.3 is 10.1 Å². The zero-order chi connectivity index (χ0) is 19.3. The summed E-state index contributed by atoms with van der Waals surface area (Å²) in [6.07, 6.45) is -1.16. The summed E-state index contributed by atoms with van der Waals surface area (Å²) in [5.41, 5.74) is 0.288. The minimum absolute atomic E-state index is 0.0414. The van der Waals surface area contributed by atoms with E-state index in [1.807, 2.05) is 6.07 Å². The third kappa shape index (κ3) is 4.55. The second-order valence-corrected chi connectivity index (χ2v) is 5.56. The number of carbonyl (C=O) groups excluding carboxylic acids is 2. The first-order chi connectivity index (χ1) is 12.3. The Morgan fingerprint density at radius 3 is 2.65 bits per heavy atom. The number of hydrogen-bond acceptors (Lipinski definition) is 6. The molecule has 26 heavy (non-hydrogen) atoms. The second kappa shape index (κ2) is 8.09. The number of ether oxygens (including phenoxy) is 1. The molecule has 2 aromatic rings. The van der Waals surface area contributed by atoms with Crippen LogP contribution in [-0.2, 0) is 9.53 Å². The topological polar surface area (TPSA) is 122 Å².